The quantitative estimate of drug-likeness (QED) is 0.790. The predicted octanol–water partition coefficient (Wildman–Crippen LogP) is 2.28. The van der Waals surface area contributed by atoms with Crippen molar-refractivity contribution >= 4 is 15.8 Å². The van der Waals surface area contributed by atoms with Crippen molar-refractivity contribution in [2.45, 2.75) is 43.2 Å². The standard InChI is InChI=1S/C21H26N4O2S/c1-15-4-6-16(7-5-15)11-24-12-18-19(13-24)28(26,27)14-17-10-22-21(23-20(17)18)25-8-2-3-9-25/h4-7,10,18-19H,2-3,8-9,11-14H2,1H3/t18-,19+/m0/s1. The van der Waals surface area contributed by atoms with E-state index >= 15 is 0 Å². The van der Waals surface area contributed by atoms with Gasteiger partial charge in [0.05, 0.1) is 16.7 Å². The largest absolute Gasteiger partial charge is 0.341 e. The van der Waals surface area contributed by atoms with Crippen LogP contribution in [0.2, 0.25) is 0 Å². The third-order valence-electron chi connectivity index (χ3n) is 6.31. The molecule has 148 valence electrons. The maximum absolute atomic E-state index is 12.9. The second kappa shape index (κ2) is 6.81. The minimum absolute atomic E-state index is 0.0523. The number of benzene rings is 1. The zero-order valence-corrected chi connectivity index (χ0v) is 17.0. The summed E-state index contributed by atoms with van der Waals surface area (Å²) in [5.74, 6) is 0.789. The number of hydrogen-bond donors (Lipinski definition) is 0. The number of anilines is 1. The summed E-state index contributed by atoms with van der Waals surface area (Å²) in [6.07, 6.45) is 4.10. The topological polar surface area (TPSA) is 66.4 Å². The molecule has 5 rings (SSSR count). The number of nitrogens with zero attached hydrogens (tertiary/aromatic N) is 4. The predicted molar refractivity (Wildman–Crippen MR) is 109 cm³/mol. The van der Waals surface area contributed by atoms with Crippen LogP contribution in [0.15, 0.2) is 30.5 Å². The molecule has 0 spiro atoms. The number of aromatic nitrogens is 2. The Morgan fingerprint density at radius 1 is 1.11 bits per heavy atom. The van der Waals surface area contributed by atoms with Gasteiger partial charge in [0, 0.05) is 50.4 Å². The van der Waals surface area contributed by atoms with E-state index in [1.807, 2.05) is 0 Å². The highest BCUT2D eigenvalue weighted by atomic mass is 32.2. The minimum Gasteiger partial charge on any atom is -0.341 e. The van der Waals surface area contributed by atoms with E-state index in [9.17, 15) is 8.42 Å². The van der Waals surface area contributed by atoms with Gasteiger partial charge in [-0.3, -0.25) is 4.90 Å². The molecular weight excluding hydrogens is 372 g/mol. The van der Waals surface area contributed by atoms with Crippen LogP contribution in [0.25, 0.3) is 0 Å². The monoisotopic (exact) mass is 398 g/mol. The summed E-state index contributed by atoms with van der Waals surface area (Å²) >= 11 is 0. The minimum atomic E-state index is -3.17. The van der Waals surface area contributed by atoms with Gasteiger partial charge in [-0.05, 0) is 25.3 Å². The molecule has 1 aromatic carbocycles. The summed E-state index contributed by atoms with van der Waals surface area (Å²) < 4.78 is 25.8. The van der Waals surface area contributed by atoms with Gasteiger partial charge >= 0.3 is 0 Å². The Morgan fingerprint density at radius 2 is 1.86 bits per heavy atom. The van der Waals surface area contributed by atoms with E-state index < -0.39 is 9.84 Å². The van der Waals surface area contributed by atoms with E-state index in [1.54, 1.807) is 6.20 Å². The first-order valence-electron chi connectivity index (χ1n) is 10.1. The summed E-state index contributed by atoms with van der Waals surface area (Å²) in [7, 11) is -3.17. The molecule has 2 saturated heterocycles. The first-order chi connectivity index (χ1) is 13.5. The molecule has 7 heteroatoms. The Bertz CT molecular complexity index is 984. The van der Waals surface area contributed by atoms with Crippen LogP contribution in [0.1, 0.15) is 41.1 Å². The van der Waals surface area contributed by atoms with Crippen molar-refractivity contribution in [3.8, 4) is 0 Å². The summed E-state index contributed by atoms with van der Waals surface area (Å²) in [5, 5.41) is -0.355. The Hall–Kier alpha value is -1.99. The van der Waals surface area contributed by atoms with Crippen LogP contribution in [0, 0.1) is 6.92 Å². The van der Waals surface area contributed by atoms with Crippen LogP contribution in [-0.4, -0.2) is 54.7 Å². The highest BCUT2D eigenvalue weighted by molar-refractivity contribution is 7.91. The van der Waals surface area contributed by atoms with Crippen molar-refractivity contribution in [1.82, 2.24) is 14.9 Å². The lowest BCUT2D eigenvalue weighted by Gasteiger charge is -2.27. The van der Waals surface area contributed by atoms with Crippen LogP contribution in [0.3, 0.4) is 0 Å². The molecule has 0 N–H and O–H groups in total. The number of aryl methyl sites for hydroxylation is 1. The van der Waals surface area contributed by atoms with Crippen molar-refractivity contribution in [3.63, 3.8) is 0 Å². The van der Waals surface area contributed by atoms with E-state index in [-0.39, 0.29) is 16.9 Å². The van der Waals surface area contributed by atoms with Gasteiger partial charge < -0.3 is 4.90 Å². The van der Waals surface area contributed by atoms with Gasteiger partial charge in [-0.2, -0.15) is 0 Å². The summed E-state index contributed by atoms with van der Waals surface area (Å²) in [4.78, 5) is 13.9. The van der Waals surface area contributed by atoms with Crippen molar-refractivity contribution in [2.24, 2.45) is 0 Å². The van der Waals surface area contributed by atoms with Crippen molar-refractivity contribution < 1.29 is 8.42 Å². The molecule has 0 aliphatic carbocycles. The summed E-state index contributed by atoms with van der Waals surface area (Å²) in [5.41, 5.74) is 4.22. The molecule has 0 saturated carbocycles. The summed E-state index contributed by atoms with van der Waals surface area (Å²) in [6, 6.07) is 8.49. The zero-order valence-electron chi connectivity index (χ0n) is 16.2. The number of hydrogen-bond acceptors (Lipinski definition) is 6. The summed E-state index contributed by atoms with van der Waals surface area (Å²) in [6.45, 7) is 6.16. The van der Waals surface area contributed by atoms with E-state index in [1.165, 1.54) is 24.0 Å². The highest BCUT2D eigenvalue weighted by Crippen LogP contribution is 2.40. The van der Waals surface area contributed by atoms with Crippen molar-refractivity contribution in [1.29, 1.82) is 0 Å². The first-order valence-corrected chi connectivity index (χ1v) is 11.8. The molecule has 0 bridgehead atoms. The number of rotatable bonds is 3. The van der Waals surface area contributed by atoms with Crippen molar-refractivity contribution in [2.75, 3.05) is 31.1 Å². The number of fused-ring (bicyclic) bond motifs is 3. The van der Waals surface area contributed by atoms with E-state index in [0.717, 1.165) is 43.4 Å². The molecule has 6 nitrogen and oxygen atoms in total. The number of sulfone groups is 1. The Labute approximate surface area is 166 Å². The molecule has 0 radical (unpaired) electrons. The van der Waals surface area contributed by atoms with Gasteiger partial charge in [0.25, 0.3) is 0 Å². The molecule has 0 amide bonds. The van der Waals surface area contributed by atoms with Crippen molar-refractivity contribution in [3.05, 3.63) is 52.8 Å². The Kier molecular flexibility index (Phi) is 4.39. The van der Waals surface area contributed by atoms with Crippen LogP contribution < -0.4 is 4.90 Å². The van der Waals surface area contributed by atoms with E-state index in [4.69, 9.17) is 4.98 Å². The second-order valence-electron chi connectivity index (χ2n) is 8.41. The number of likely N-dealkylation sites (tertiary alicyclic amines) is 1. The van der Waals surface area contributed by atoms with Crippen LogP contribution in [-0.2, 0) is 22.1 Å². The lowest BCUT2D eigenvalue weighted by molar-refractivity contribution is 0.326. The average molecular weight is 399 g/mol. The van der Waals surface area contributed by atoms with E-state index in [2.05, 4.69) is 46.0 Å². The van der Waals surface area contributed by atoms with Crippen LogP contribution in [0.5, 0.6) is 0 Å². The first kappa shape index (κ1) is 18.1. The molecule has 2 fully saturated rings. The molecule has 3 aliphatic heterocycles. The maximum Gasteiger partial charge on any atom is 0.225 e. The Morgan fingerprint density at radius 3 is 2.61 bits per heavy atom. The second-order valence-corrected chi connectivity index (χ2v) is 10.6. The van der Waals surface area contributed by atoms with Gasteiger partial charge in [-0.15, -0.1) is 0 Å². The Balaban J connectivity index is 1.44. The van der Waals surface area contributed by atoms with E-state index in [0.29, 0.717) is 6.54 Å². The molecule has 3 aliphatic rings. The molecule has 2 atom stereocenters. The van der Waals surface area contributed by atoms with Gasteiger partial charge in [0.1, 0.15) is 0 Å². The average Bonchev–Trinajstić information content (AvgIpc) is 3.34. The van der Waals surface area contributed by atoms with Gasteiger partial charge in [-0.1, -0.05) is 29.8 Å². The van der Waals surface area contributed by atoms with Gasteiger partial charge in [-0.25, -0.2) is 18.4 Å². The molecule has 2 aromatic rings. The molecule has 1 aromatic heterocycles. The SMILES string of the molecule is Cc1ccc(CN2C[C@@H]3c4nc(N5CCCC5)ncc4CS(=O)(=O)[C@@H]3C2)cc1. The fraction of sp³-hybridized carbons (Fsp3) is 0.524. The molecule has 28 heavy (non-hydrogen) atoms. The molecule has 0 unspecified atom stereocenters. The molecule has 4 heterocycles. The zero-order chi connectivity index (χ0) is 19.3. The maximum atomic E-state index is 12.9. The highest BCUT2D eigenvalue weighted by Gasteiger charge is 2.47. The fourth-order valence-corrected chi connectivity index (χ4v) is 6.82. The third-order valence-corrected chi connectivity index (χ3v) is 8.43. The van der Waals surface area contributed by atoms with Gasteiger partial charge in [0.15, 0.2) is 9.84 Å². The molecular formula is C21H26N4O2S. The fourth-order valence-electron chi connectivity index (χ4n) is 4.79. The lowest BCUT2D eigenvalue weighted by Crippen LogP contribution is -2.35. The lowest BCUT2D eigenvalue weighted by atomic mass is 10.00. The van der Waals surface area contributed by atoms with Crippen LogP contribution >= 0.6 is 0 Å². The normalized spacial score (nSPS) is 26.2. The van der Waals surface area contributed by atoms with Crippen LogP contribution in [0.4, 0.5) is 5.95 Å². The smallest absolute Gasteiger partial charge is 0.225 e. The van der Waals surface area contributed by atoms with Gasteiger partial charge in [0.2, 0.25) is 5.95 Å². The third kappa shape index (κ3) is 3.20.